The molecule has 1 heterocycles. The Kier molecular flexibility index (Phi) is 3.40. The van der Waals surface area contributed by atoms with Crippen molar-refractivity contribution in [1.82, 2.24) is 4.98 Å². The summed E-state index contributed by atoms with van der Waals surface area (Å²) in [7, 11) is 1.66. The molecule has 0 amide bonds. The Bertz CT molecular complexity index is 475. The number of pyridine rings is 1. The van der Waals surface area contributed by atoms with Gasteiger partial charge in [0.15, 0.2) is 0 Å². The van der Waals surface area contributed by atoms with Crippen LogP contribution in [-0.4, -0.2) is 12.1 Å². The van der Waals surface area contributed by atoms with Crippen molar-refractivity contribution in [2.75, 3.05) is 7.11 Å². The molecule has 0 saturated carbocycles. The molecule has 3 nitrogen and oxygen atoms in total. The summed E-state index contributed by atoms with van der Waals surface area (Å²) < 4.78 is 5.12. The molecule has 0 fully saturated rings. The van der Waals surface area contributed by atoms with Crippen molar-refractivity contribution in [3.63, 3.8) is 0 Å². The van der Waals surface area contributed by atoms with Crippen LogP contribution in [0.3, 0.4) is 0 Å². The molecule has 0 radical (unpaired) electrons. The lowest BCUT2D eigenvalue weighted by Crippen LogP contribution is -2.06. The van der Waals surface area contributed by atoms with Gasteiger partial charge in [-0.15, -0.1) is 0 Å². The predicted molar refractivity (Wildman–Crippen MR) is 68.8 cm³/mol. The molecule has 0 saturated heterocycles. The number of nitrogens with zero attached hydrogens (tertiary/aromatic N) is 1. The molecule has 1 aromatic carbocycles. The second-order valence-electron chi connectivity index (χ2n) is 3.99. The van der Waals surface area contributed by atoms with Crippen LogP contribution < -0.4 is 10.5 Å². The van der Waals surface area contributed by atoms with Gasteiger partial charge in [-0.25, -0.2) is 0 Å². The second-order valence-corrected chi connectivity index (χ2v) is 3.99. The highest BCUT2D eigenvalue weighted by Crippen LogP contribution is 2.22. The zero-order chi connectivity index (χ0) is 12.3. The first-order chi connectivity index (χ1) is 8.20. The first kappa shape index (κ1) is 11.6. The number of nitrogens with two attached hydrogens (primary N) is 1. The summed E-state index contributed by atoms with van der Waals surface area (Å²) in [6, 6.07) is 11.9. The van der Waals surface area contributed by atoms with Crippen LogP contribution in [0.15, 0.2) is 42.6 Å². The number of rotatable bonds is 3. The van der Waals surface area contributed by atoms with E-state index in [4.69, 9.17) is 10.5 Å². The van der Waals surface area contributed by atoms with Crippen molar-refractivity contribution in [3.8, 4) is 16.9 Å². The lowest BCUT2D eigenvalue weighted by molar-refractivity contribution is 0.415. The van der Waals surface area contributed by atoms with Crippen LogP contribution in [0.25, 0.3) is 11.1 Å². The van der Waals surface area contributed by atoms with Crippen LogP contribution in [0.2, 0.25) is 0 Å². The highest BCUT2D eigenvalue weighted by atomic mass is 16.5. The largest absolute Gasteiger partial charge is 0.497 e. The maximum atomic E-state index is 5.76. The molecule has 0 aliphatic heterocycles. The average Bonchev–Trinajstić information content (AvgIpc) is 2.39. The molecule has 3 heteroatoms. The van der Waals surface area contributed by atoms with Crippen molar-refractivity contribution < 1.29 is 4.74 Å². The van der Waals surface area contributed by atoms with Crippen molar-refractivity contribution in [1.29, 1.82) is 0 Å². The molecule has 17 heavy (non-hydrogen) atoms. The molecular formula is C14H16N2O. The van der Waals surface area contributed by atoms with E-state index in [1.165, 1.54) is 0 Å². The third-order valence-electron chi connectivity index (χ3n) is 2.68. The summed E-state index contributed by atoms with van der Waals surface area (Å²) in [6.45, 7) is 1.93. The first-order valence-corrected chi connectivity index (χ1v) is 5.56. The van der Waals surface area contributed by atoms with E-state index >= 15 is 0 Å². The van der Waals surface area contributed by atoms with Gasteiger partial charge in [-0.2, -0.15) is 0 Å². The summed E-state index contributed by atoms with van der Waals surface area (Å²) >= 11 is 0. The van der Waals surface area contributed by atoms with Gasteiger partial charge in [-0.05, 0) is 30.7 Å². The van der Waals surface area contributed by atoms with E-state index in [1.807, 2.05) is 49.5 Å². The maximum Gasteiger partial charge on any atom is 0.118 e. The van der Waals surface area contributed by atoms with Crippen molar-refractivity contribution in [2.45, 2.75) is 13.0 Å². The molecule has 0 bridgehead atoms. The maximum absolute atomic E-state index is 5.76. The minimum atomic E-state index is -0.0279. The molecule has 2 aromatic rings. The Labute approximate surface area is 101 Å². The van der Waals surface area contributed by atoms with E-state index in [9.17, 15) is 0 Å². The van der Waals surface area contributed by atoms with E-state index in [2.05, 4.69) is 4.98 Å². The number of methoxy groups -OCH3 is 1. The van der Waals surface area contributed by atoms with Gasteiger partial charge in [0.1, 0.15) is 5.75 Å². The van der Waals surface area contributed by atoms with Gasteiger partial charge in [0.25, 0.3) is 0 Å². The quantitative estimate of drug-likeness (QED) is 0.878. The van der Waals surface area contributed by atoms with Gasteiger partial charge >= 0.3 is 0 Å². The standard InChI is InChI=1S/C14H16N2O/c1-10(15)14-8-5-12(9-16-14)11-3-6-13(17-2)7-4-11/h3-10H,15H2,1-2H3. The zero-order valence-corrected chi connectivity index (χ0v) is 10.1. The molecule has 1 atom stereocenters. The van der Waals surface area contributed by atoms with E-state index < -0.39 is 0 Å². The van der Waals surface area contributed by atoms with E-state index in [-0.39, 0.29) is 6.04 Å². The summed E-state index contributed by atoms with van der Waals surface area (Å²) in [4.78, 5) is 4.34. The molecule has 1 unspecified atom stereocenters. The van der Waals surface area contributed by atoms with Gasteiger partial charge in [-0.3, -0.25) is 4.98 Å². The van der Waals surface area contributed by atoms with E-state index in [0.717, 1.165) is 22.6 Å². The van der Waals surface area contributed by atoms with Crippen LogP contribution in [0, 0.1) is 0 Å². The molecule has 1 aromatic heterocycles. The van der Waals surface area contributed by atoms with Gasteiger partial charge in [0.05, 0.1) is 12.8 Å². The van der Waals surface area contributed by atoms with Gasteiger partial charge in [0, 0.05) is 17.8 Å². The van der Waals surface area contributed by atoms with Crippen LogP contribution in [-0.2, 0) is 0 Å². The monoisotopic (exact) mass is 228 g/mol. The van der Waals surface area contributed by atoms with Crippen LogP contribution in [0.5, 0.6) is 5.75 Å². The minimum Gasteiger partial charge on any atom is -0.497 e. The molecular weight excluding hydrogens is 212 g/mol. The summed E-state index contributed by atoms with van der Waals surface area (Å²) in [5, 5.41) is 0. The Balaban J connectivity index is 2.26. The summed E-state index contributed by atoms with van der Waals surface area (Å²) in [6.07, 6.45) is 1.85. The fourth-order valence-electron chi connectivity index (χ4n) is 1.63. The van der Waals surface area contributed by atoms with Gasteiger partial charge < -0.3 is 10.5 Å². The van der Waals surface area contributed by atoms with Gasteiger partial charge in [-0.1, -0.05) is 18.2 Å². The number of aromatic nitrogens is 1. The van der Waals surface area contributed by atoms with E-state index in [1.54, 1.807) is 7.11 Å². The third kappa shape index (κ3) is 2.63. The fourth-order valence-corrected chi connectivity index (χ4v) is 1.63. The molecule has 88 valence electrons. The fraction of sp³-hybridized carbons (Fsp3) is 0.214. The SMILES string of the molecule is COc1ccc(-c2ccc(C(C)N)nc2)cc1. The number of benzene rings is 1. The van der Waals surface area contributed by atoms with E-state index in [0.29, 0.717) is 0 Å². The molecule has 2 N–H and O–H groups in total. The van der Waals surface area contributed by atoms with Crippen molar-refractivity contribution in [2.24, 2.45) is 5.73 Å². The normalized spacial score (nSPS) is 12.2. The molecule has 0 spiro atoms. The Hall–Kier alpha value is -1.87. The molecule has 0 aliphatic carbocycles. The summed E-state index contributed by atoms with van der Waals surface area (Å²) in [5.41, 5.74) is 8.87. The molecule has 2 rings (SSSR count). The van der Waals surface area contributed by atoms with Crippen LogP contribution >= 0.6 is 0 Å². The highest BCUT2D eigenvalue weighted by Gasteiger charge is 2.02. The van der Waals surface area contributed by atoms with Crippen LogP contribution in [0.4, 0.5) is 0 Å². The van der Waals surface area contributed by atoms with Crippen molar-refractivity contribution >= 4 is 0 Å². The van der Waals surface area contributed by atoms with Gasteiger partial charge in [0.2, 0.25) is 0 Å². The lowest BCUT2D eigenvalue weighted by Gasteiger charge is -2.06. The number of hydrogen-bond donors (Lipinski definition) is 1. The highest BCUT2D eigenvalue weighted by molar-refractivity contribution is 5.63. The Morgan fingerprint density at radius 2 is 1.71 bits per heavy atom. The van der Waals surface area contributed by atoms with Crippen LogP contribution in [0.1, 0.15) is 18.7 Å². The first-order valence-electron chi connectivity index (χ1n) is 5.56. The topological polar surface area (TPSA) is 48.1 Å². The Morgan fingerprint density at radius 1 is 1.06 bits per heavy atom. The lowest BCUT2D eigenvalue weighted by atomic mass is 10.1. The van der Waals surface area contributed by atoms with Crippen molar-refractivity contribution in [3.05, 3.63) is 48.3 Å². The smallest absolute Gasteiger partial charge is 0.118 e. The summed E-state index contributed by atoms with van der Waals surface area (Å²) in [5.74, 6) is 0.855. The Morgan fingerprint density at radius 3 is 2.18 bits per heavy atom. The number of ether oxygens (including phenoxy) is 1. The minimum absolute atomic E-state index is 0.0279. The average molecular weight is 228 g/mol. The third-order valence-corrected chi connectivity index (χ3v) is 2.68. The number of hydrogen-bond acceptors (Lipinski definition) is 3. The molecule has 0 aliphatic rings. The second kappa shape index (κ2) is 4.97. The predicted octanol–water partition coefficient (Wildman–Crippen LogP) is 2.78. The zero-order valence-electron chi connectivity index (χ0n) is 10.1.